The monoisotopic (exact) mass is 342 g/mol. The molecule has 132 valence electrons. The Balaban J connectivity index is 1.47. The molecular formula is C19H22N2O4. The normalized spacial score (nSPS) is 14.3. The van der Waals surface area contributed by atoms with E-state index in [9.17, 15) is 9.90 Å². The molecular weight excluding hydrogens is 320 g/mol. The number of phenolic OH excluding ortho intramolecular Hbond substituents is 1. The maximum absolute atomic E-state index is 12.3. The van der Waals surface area contributed by atoms with E-state index in [1.807, 2.05) is 29.2 Å². The van der Waals surface area contributed by atoms with Crippen LogP contribution in [0.1, 0.15) is 0 Å². The third-order valence-corrected chi connectivity index (χ3v) is 4.27. The first kappa shape index (κ1) is 17.0. The lowest BCUT2D eigenvalue weighted by molar-refractivity contribution is -0.133. The van der Waals surface area contributed by atoms with Gasteiger partial charge in [-0.2, -0.15) is 0 Å². The Morgan fingerprint density at radius 2 is 1.56 bits per heavy atom. The van der Waals surface area contributed by atoms with Crippen LogP contribution in [0, 0.1) is 0 Å². The minimum atomic E-state index is -0.0255. The summed E-state index contributed by atoms with van der Waals surface area (Å²) in [5.74, 6) is 1.56. The van der Waals surface area contributed by atoms with Gasteiger partial charge in [0.2, 0.25) is 0 Å². The summed E-state index contributed by atoms with van der Waals surface area (Å²) in [6, 6.07) is 14.3. The van der Waals surface area contributed by atoms with Gasteiger partial charge < -0.3 is 24.4 Å². The molecule has 0 aliphatic carbocycles. The van der Waals surface area contributed by atoms with Crippen LogP contribution in [0.3, 0.4) is 0 Å². The van der Waals surface area contributed by atoms with Crippen LogP contribution in [0.4, 0.5) is 5.69 Å². The number of ether oxygens (including phenoxy) is 2. The number of piperazine rings is 1. The molecule has 6 heteroatoms. The number of benzene rings is 2. The second kappa shape index (κ2) is 7.79. The number of nitrogens with zero attached hydrogens (tertiary/aromatic N) is 2. The van der Waals surface area contributed by atoms with Gasteiger partial charge in [-0.25, -0.2) is 0 Å². The molecule has 3 rings (SSSR count). The molecule has 0 saturated carbocycles. The summed E-state index contributed by atoms with van der Waals surface area (Å²) < 4.78 is 10.7. The molecule has 0 spiro atoms. The van der Waals surface area contributed by atoms with Crippen LogP contribution < -0.4 is 14.4 Å². The number of carbonyl (C=O) groups excluding carboxylic acids is 1. The average molecular weight is 342 g/mol. The van der Waals surface area contributed by atoms with Crippen LogP contribution in [0.15, 0.2) is 48.5 Å². The van der Waals surface area contributed by atoms with Crippen molar-refractivity contribution in [3.63, 3.8) is 0 Å². The van der Waals surface area contributed by atoms with Crippen LogP contribution in [0.25, 0.3) is 0 Å². The van der Waals surface area contributed by atoms with Crippen molar-refractivity contribution >= 4 is 11.6 Å². The fourth-order valence-corrected chi connectivity index (χ4v) is 2.79. The van der Waals surface area contributed by atoms with Crippen molar-refractivity contribution in [2.24, 2.45) is 0 Å². The Kier molecular flexibility index (Phi) is 5.28. The molecule has 2 aromatic rings. The highest BCUT2D eigenvalue weighted by molar-refractivity contribution is 5.78. The summed E-state index contributed by atoms with van der Waals surface area (Å²) in [4.78, 5) is 16.4. The molecule has 6 nitrogen and oxygen atoms in total. The molecule has 1 aliphatic rings. The zero-order valence-corrected chi connectivity index (χ0v) is 14.2. The van der Waals surface area contributed by atoms with Gasteiger partial charge in [0, 0.05) is 31.9 Å². The number of rotatable bonds is 5. The Labute approximate surface area is 147 Å². The molecule has 0 radical (unpaired) electrons. The molecule has 2 aromatic carbocycles. The van der Waals surface area contributed by atoms with E-state index in [-0.39, 0.29) is 18.3 Å². The number of hydrogen-bond donors (Lipinski definition) is 1. The fraction of sp³-hybridized carbons (Fsp3) is 0.316. The fourth-order valence-electron chi connectivity index (χ4n) is 2.79. The Bertz CT molecular complexity index is 692. The molecule has 0 unspecified atom stereocenters. The second-order valence-corrected chi connectivity index (χ2v) is 5.85. The predicted molar refractivity (Wildman–Crippen MR) is 95.4 cm³/mol. The molecule has 25 heavy (non-hydrogen) atoms. The molecule has 1 heterocycles. The summed E-state index contributed by atoms with van der Waals surface area (Å²) in [5, 5.41) is 9.24. The number of carbonyl (C=O) groups is 1. The molecule has 1 saturated heterocycles. The minimum absolute atomic E-state index is 0.00725. The first-order valence-electron chi connectivity index (χ1n) is 8.24. The topological polar surface area (TPSA) is 62.2 Å². The number of amides is 1. The van der Waals surface area contributed by atoms with E-state index in [0.29, 0.717) is 18.8 Å². The van der Waals surface area contributed by atoms with Crippen molar-refractivity contribution < 1.29 is 19.4 Å². The van der Waals surface area contributed by atoms with Gasteiger partial charge in [-0.3, -0.25) is 4.79 Å². The smallest absolute Gasteiger partial charge is 0.260 e. The van der Waals surface area contributed by atoms with Gasteiger partial charge in [0.1, 0.15) is 17.2 Å². The molecule has 1 N–H and O–H groups in total. The number of anilines is 1. The number of phenols is 1. The van der Waals surface area contributed by atoms with Crippen LogP contribution in [-0.4, -0.2) is 55.8 Å². The molecule has 0 aromatic heterocycles. The quantitative estimate of drug-likeness (QED) is 0.902. The van der Waals surface area contributed by atoms with E-state index in [1.54, 1.807) is 19.2 Å². The zero-order chi connectivity index (χ0) is 17.6. The Hall–Kier alpha value is -2.89. The van der Waals surface area contributed by atoms with Gasteiger partial charge in [0.15, 0.2) is 6.61 Å². The summed E-state index contributed by atoms with van der Waals surface area (Å²) in [7, 11) is 1.65. The van der Waals surface area contributed by atoms with E-state index < -0.39 is 0 Å². The van der Waals surface area contributed by atoms with E-state index >= 15 is 0 Å². The van der Waals surface area contributed by atoms with E-state index in [0.717, 1.165) is 24.5 Å². The highest BCUT2D eigenvalue weighted by Gasteiger charge is 2.21. The summed E-state index contributed by atoms with van der Waals surface area (Å²) in [6.45, 7) is 2.93. The molecule has 1 fully saturated rings. The summed E-state index contributed by atoms with van der Waals surface area (Å²) >= 11 is 0. The van der Waals surface area contributed by atoms with Crippen molar-refractivity contribution in [3.8, 4) is 17.2 Å². The van der Waals surface area contributed by atoms with Gasteiger partial charge in [-0.15, -0.1) is 0 Å². The maximum Gasteiger partial charge on any atom is 0.260 e. The first-order valence-corrected chi connectivity index (χ1v) is 8.24. The number of aromatic hydroxyl groups is 1. The average Bonchev–Trinajstić information content (AvgIpc) is 2.67. The van der Waals surface area contributed by atoms with Crippen molar-refractivity contribution in [2.45, 2.75) is 0 Å². The largest absolute Gasteiger partial charge is 0.508 e. The molecule has 1 aliphatic heterocycles. The zero-order valence-electron chi connectivity index (χ0n) is 14.2. The second-order valence-electron chi connectivity index (χ2n) is 5.85. The lowest BCUT2D eigenvalue weighted by atomic mass is 10.2. The number of methoxy groups -OCH3 is 1. The number of hydrogen-bond acceptors (Lipinski definition) is 5. The Morgan fingerprint density at radius 3 is 2.16 bits per heavy atom. The van der Waals surface area contributed by atoms with Crippen LogP contribution in [-0.2, 0) is 4.79 Å². The highest BCUT2D eigenvalue weighted by atomic mass is 16.5. The van der Waals surface area contributed by atoms with Crippen LogP contribution >= 0.6 is 0 Å². The van der Waals surface area contributed by atoms with E-state index in [1.165, 1.54) is 12.1 Å². The molecule has 0 bridgehead atoms. The SMILES string of the molecule is COc1ccc(N2CCN(C(=O)COc3ccc(O)cc3)CC2)cc1. The van der Waals surface area contributed by atoms with E-state index in [4.69, 9.17) is 9.47 Å². The van der Waals surface area contributed by atoms with Crippen molar-refractivity contribution in [3.05, 3.63) is 48.5 Å². The first-order chi connectivity index (χ1) is 12.2. The van der Waals surface area contributed by atoms with Crippen molar-refractivity contribution in [1.29, 1.82) is 0 Å². The standard InChI is InChI=1S/C19H22N2O4/c1-24-17-6-2-15(3-7-17)20-10-12-21(13-11-20)19(23)14-25-18-8-4-16(22)5-9-18/h2-9,22H,10-14H2,1H3. The van der Waals surface area contributed by atoms with Crippen molar-refractivity contribution in [1.82, 2.24) is 4.90 Å². The third kappa shape index (κ3) is 4.35. The predicted octanol–water partition coefficient (Wildman–Crippen LogP) is 2.13. The van der Waals surface area contributed by atoms with Gasteiger partial charge >= 0.3 is 0 Å². The van der Waals surface area contributed by atoms with Gasteiger partial charge in [-0.05, 0) is 48.5 Å². The summed E-state index contributed by atoms with van der Waals surface area (Å²) in [5.41, 5.74) is 1.13. The van der Waals surface area contributed by atoms with Gasteiger partial charge in [0.25, 0.3) is 5.91 Å². The molecule has 1 amide bonds. The van der Waals surface area contributed by atoms with Gasteiger partial charge in [0.05, 0.1) is 7.11 Å². The van der Waals surface area contributed by atoms with Crippen molar-refractivity contribution in [2.75, 3.05) is 44.8 Å². The maximum atomic E-state index is 12.3. The minimum Gasteiger partial charge on any atom is -0.508 e. The van der Waals surface area contributed by atoms with E-state index in [2.05, 4.69) is 4.90 Å². The highest BCUT2D eigenvalue weighted by Crippen LogP contribution is 2.21. The lowest BCUT2D eigenvalue weighted by Crippen LogP contribution is -2.50. The third-order valence-electron chi connectivity index (χ3n) is 4.27. The van der Waals surface area contributed by atoms with Crippen LogP contribution in [0.2, 0.25) is 0 Å². The van der Waals surface area contributed by atoms with Gasteiger partial charge in [-0.1, -0.05) is 0 Å². The Morgan fingerprint density at radius 1 is 0.960 bits per heavy atom. The molecule has 0 atom stereocenters. The summed E-state index contributed by atoms with van der Waals surface area (Å²) in [6.07, 6.45) is 0. The van der Waals surface area contributed by atoms with Crippen LogP contribution in [0.5, 0.6) is 17.2 Å². The lowest BCUT2D eigenvalue weighted by Gasteiger charge is -2.36.